The Morgan fingerprint density at radius 1 is 1.12 bits per heavy atom. The predicted octanol–water partition coefficient (Wildman–Crippen LogP) is 4.39. The minimum atomic E-state index is 0.573. The van der Waals surface area contributed by atoms with Crippen molar-refractivity contribution in [1.29, 1.82) is 0 Å². The molecule has 0 aliphatic carbocycles. The fourth-order valence-electron chi connectivity index (χ4n) is 0.672. The zero-order chi connectivity index (χ0) is 12.4. The van der Waals surface area contributed by atoms with Crippen molar-refractivity contribution in [2.75, 3.05) is 6.61 Å². The number of para-hydroxylation sites is 1. The molecule has 0 unspecified atom stereocenters. The second-order valence-electron chi connectivity index (χ2n) is 3.47. The molecule has 0 fully saturated rings. The number of allylic oxidation sites excluding steroid dienone is 2. The van der Waals surface area contributed by atoms with Gasteiger partial charge >= 0.3 is 0 Å². The molecule has 1 rings (SSSR count). The van der Waals surface area contributed by atoms with Gasteiger partial charge in [-0.2, -0.15) is 0 Å². The largest absolute Gasteiger partial charge is 0.490 e. The van der Waals surface area contributed by atoms with E-state index in [4.69, 9.17) is 4.74 Å². The van der Waals surface area contributed by atoms with Crippen LogP contribution in [0.25, 0.3) is 0 Å². The first kappa shape index (κ1) is 14.2. The lowest BCUT2D eigenvalue weighted by molar-refractivity contribution is 0.363. The Morgan fingerprint density at radius 3 is 2.00 bits per heavy atom. The molecule has 1 nitrogen and oxygen atoms in total. The molecule has 1 heteroatoms. The van der Waals surface area contributed by atoms with E-state index in [-0.39, 0.29) is 0 Å². The summed E-state index contributed by atoms with van der Waals surface area (Å²) in [5.41, 5.74) is 2.13. The van der Waals surface area contributed by atoms with Crippen LogP contribution < -0.4 is 4.74 Å². The number of ether oxygens (including phenoxy) is 1. The quantitative estimate of drug-likeness (QED) is 0.535. The zero-order valence-corrected chi connectivity index (χ0v) is 10.2. The van der Waals surface area contributed by atoms with Gasteiger partial charge in [-0.1, -0.05) is 55.2 Å². The molecule has 0 atom stereocenters. The predicted molar refractivity (Wildman–Crippen MR) is 71.8 cm³/mol. The summed E-state index contributed by atoms with van der Waals surface area (Å²) in [5, 5.41) is 0. The molecule has 1 aromatic rings. The first-order valence-electron chi connectivity index (χ1n) is 5.18. The van der Waals surface area contributed by atoms with Crippen molar-refractivity contribution in [3.63, 3.8) is 0 Å². The Balaban J connectivity index is 0.000000325. The maximum absolute atomic E-state index is 5.24. The van der Waals surface area contributed by atoms with Gasteiger partial charge in [0.2, 0.25) is 0 Å². The molecule has 0 radical (unpaired) electrons. The normalized spacial score (nSPS) is 8.38. The lowest BCUT2D eigenvalue weighted by Gasteiger charge is -1.99. The number of hydrogen-bond donors (Lipinski definition) is 0. The molecule has 0 spiro atoms. The SMILES string of the molecule is C=C(C)C(=C)C.C=CCOc1ccccc1. The molecule has 0 amide bonds. The minimum Gasteiger partial charge on any atom is -0.490 e. The lowest BCUT2D eigenvalue weighted by Crippen LogP contribution is -1.91. The molecule has 1 aromatic carbocycles. The van der Waals surface area contributed by atoms with Crippen molar-refractivity contribution in [1.82, 2.24) is 0 Å². The average Bonchev–Trinajstić information content (AvgIpc) is 2.28. The van der Waals surface area contributed by atoms with E-state index in [1.807, 2.05) is 44.2 Å². The summed E-state index contributed by atoms with van der Waals surface area (Å²) in [6, 6.07) is 9.69. The fourth-order valence-corrected chi connectivity index (χ4v) is 0.672. The summed E-state index contributed by atoms with van der Waals surface area (Å²) in [4.78, 5) is 0. The zero-order valence-electron chi connectivity index (χ0n) is 10.2. The second kappa shape index (κ2) is 8.54. The molecule has 0 aliphatic heterocycles. The van der Waals surface area contributed by atoms with Gasteiger partial charge in [0.15, 0.2) is 0 Å². The van der Waals surface area contributed by atoms with Crippen LogP contribution in [0.4, 0.5) is 0 Å². The van der Waals surface area contributed by atoms with E-state index in [9.17, 15) is 0 Å². The van der Waals surface area contributed by atoms with Gasteiger partial charge in [0.1, 0.15) is 12.4 Å². The number of hydrogen-bond acceptors (Lipinski definition) is 1. The third kappa shape index (κ3) is 7.63. The van der Waals surface area contributed by atoms with Gasteiger partial charge in [-0.15, -0.1) is 0 Å². The Kier molecular flexibility index (Phi) is 7.60. The highest BCUT2D eigenvalue weighted by atomic mass is 16.5. The van der Waals surface area contributed by atoms with Gasteiger partial charge < -0.3 is 4.74 Å². The Morgan fingerprint density at radius 2 is 1.62 bits per heavy atom. The maximum Gasteiger partial charge on any atom is 0.119 e. The van der Waals surface area contributed by atoms with Crippen LogP contribution >= 0.6 is 0 Å². The molecule has 86 valence electrons. The molecule has 0 bridgehead atoms. The van der Waals surface area contributed by atoms with Gasteiger partial charge in [0.25, 0.3) is 0 Å². The molecule has 0 heterocycles. The van der Waals surface area contributed by atoms with E-state index in [2.05, 4.69) is 19.7 Å². The monoisotopic (exact) mass is 216 g/mol. The Bertz CT molecular complexity index is 324. The van der Waals surface area contributed by atoms with Crippen molar-refractivity contribution in [3.05, 3.63) is 67.3 Å². The standard InChI is InChI=1S/C9H10O.C6H10/c1-2-8-10-9-6-4-3-5-7-9;1-5(2)6(3)4/h2-7H,1,8H2;1,3H2,2,4H3. The van der Waals surface area contributed by atoms with Crippen LogP contribution in [0.3, 0.4) is 0 Å². The first-order valence-corrected chi connectivity index (χ1v) is 5.18. The van der Waals surface area contributed by atoms with Crippen LogP contribution in [-0.2, 0) is 0 Å². The molecular formula is C15H20O. The topological polar surface area (TPSA) is 9.23 Å². The average molecular weight is 216 g/mol. The van der Waals surface area contributed by atoms with Gasteiger partial charge in [-0.05, 0) is 26.0 Å². The van der Waals surface area contributed by atoms with Gasteiger partial charge in [-0.25, -0.2) is 0 Å². The van der Waals surface area contributed by atoms with Gasteiger partial charge in [-0.3, -0.25) is 0 Å². The third-order valence-corrected chi connectivity index (χ3v) is 1.84. The number of benzene rings is 1. The van der Waals surface area contributed by atoms with Crippen LogP contribution in [0.5, 0.6) is 5.75 Å². The van der Waals surface area contributed by atoms with E-state index in [0.717, 1.165) is 16.9 Å². The molecule has 0 N–H and O–H groups in total. The highest BCUT2D eigenvalue weighted by molar-refractivity contribution is 5.21. The maximum atomic E-state index is 5.24. The van der Waals surface area contributed by atoms with E-state index in [1.165, 1.54) is 0 Å². The van der Waals surface area contributed by atoms with Crippen molar-refractivity contribution < 1.29 is 4.74 Å². The Labute approximate surface area is 98.8 Å². The smallest absolute Gasteiger partial charge is 0.119 e. The van der Waals surface area contributed by atoms with Gasteiger partial charge in [0.05, 0.1) is 0 Å². The molecule has 16 heavy (non-hydrogen) atoms. The highest BCUT2D eigenvalue weighted by Gasteiger charge is 1.85. The molecule has 0 aliphatic rings. The second-order valence-corrected chi connectivity index (χ2v) is 3.47. The van der Waals surface area contributed by atoms with E-state index in [1.54, 1.807) is 6.08 Å². The van der Waals surface area contributed by atoms with Crippen molar-refractivity contribution in [3.8, 4) is 5.75 Å². The minimum absolute atomic E-state index is 0.573. The van der Waals surface area contributed by atoms with Crippen LogP contribution in [0, 0.1) is 0 Å². The molecular weight excluding hydrogens is 196 g/mol. The van der Waals surface area contributed by atoms with Gasteiger partial charge in [0, 0.05) is 0 Å². The summed E-state index contributed by atoms with van der Waals surface area (Å²) in [6.07, 6.45) is 1.73. The van der Waals surface area contributed by atoms with Crippen LogP contribution in [0.15, 0.2) is 67.3 Å². The summed E-state index contributed by atoms with van der Waals surface area (Å²) in [5.74, 6) is 0.891. The molecule has 0 saturated heterocycles. The summed E-state index contributed by atoms with van der Waals surface area (Å²) in [7, 11) is 0. The van der Waals surface area contributed by atoms with Crippen LogP contribution in [0.2, 0.25) is 0 Å². The third-order valence-electron chi connectivity index (χ3n) is 1.84. The van der Waals surface area contributed by atoms with Crippen LogP contribution in [0.1, 0.15) is 13.8 Å². The van der Waals surface area contributed by atoms with Crippen molar-refractivity contribution in [2.24, 2.45) is 0 Å². The first-order chi connectivity index (χ1) is 7.57. The van der Waals surface area contributed by atoms with E-state index < -0.39 is 0 Å². The number of rotatable bonds is 4. The highest BCUT2D eigenvalue weighted by Crippen LogP contribution is 2.07. The Hall–Kier alpha value is -1.76. The summed E-state index contributed by atoms with van der Waals surface area (Å²) in [6.45, 7) is 15.3. The summed E-state index contributed by atoms with van der Waals surface area (Å²) < 4.78 is 5.24. The fraction of sp³-hybridized carbons (Fsp3) is 0.200. The van der Waals surface area contributed by atoms with E-state index >= 15 is 0 Å². The van der Waals surface area contributed by atoms with Crippen molar-refractivity contribution in [2.45, 2.75) is 13.8 Å². The lowest BCUT2D eigenvalue weighted by atomic mass is 10.2. The van der Waals surface area contributed by atoms with Crippen molar-refractivity contribution >= 4 is 0 Å². The molecule has 0 saturated carbocycles. The molecule has 0 aromatic heterocycles. The summed E-state index contributed by atoms with van der Waals surface area (Å²) >= 11 is 0. The van der Waals surface area contributed by atoms with E-state index in [0.29, 0.717) is 6.61 Å². The van der Waals surface area contributed by atoms with Crippen LogP contribution in [-0.4, -0.2) is 6.61 Å².